The first-order valence-corrected chi connectivity index (χ1v) is 10.2. The number of methoxy groups -OCH3 is 1. The van der Waals surface area contributed by atoms with Gasteiger partial charge in [0.15, 0.2) is 0 Å². The lowest BCUT2D eigenvalue weighted by atomic mass is 10.0. The molecule has 1 aliphatic rings. The van der Waals surface area contributed by atoms with Gasteiger partial charge in [0, 0.05) is 18.5 Å². The number of para-hydroxylation sites is 1. The van der Waals surface area contributed by atoms with Gasteiger partial charge in [0.2, 0.25) is 11.8 Å². The van der Waals surface area contributed by atoms with Crippen molar-refractivity contribution in [3.05, 3.63) is 83.3 Å². The van der Waals surface area contributed by atoms with E-state index in [4.69, 9.17) is 9.15 Å². The number of halogens is 1. The van der Waals surface area contributed by atoms with E-state index < -0.39 is 0 Å². The smallest absolute Gasteiger partial charge is 0.227 e. The normalized spacial score (nSPS) is 16.5. The Morgan fingerprint density at radius 2 is 2.00 bits per heavy atom. The Hall–Kier alpha value is -3.15. The Kier molecular flexibility index (Phi) is 6.12. The fourth-order valence-corrected chi connectivity index (χ4v) is 3.96. The van der Waals surface area contributed by atoms with Gasteiger partial charge in [-0.1, -0.05) is 30.3 Å². The molecule has 2 aromatic carbocycles. The molecule has 1 amide bonds. The first-order valence-electron chi connectivity index (χ1n) is 10.2. The van der Waals surface area contributed by atoms with Gasteiger partial charge in [-0.05, 0) is 43.0 Å². The molecule has 1 aromatic heterocycles. The van der Waals surface area contributed by atoms with Gasteiger partial charge in [0.1, 0.15) is 23.4 Å². The third-order valence-corrected chi connectivity index (χ3v) is 5.51. The predicted octanol–water partition coefficient (Wildman–Crippen LogP) is 4.71. The first kappa shape index (κ1) is 20.1. The van der Waals surface area contributed by atoms with Crippen LogP contribution in [0, 0.1) is 5.82 Å². The van der Waals surface area contributed by atoms with Crippen LogP contribution in [-0.2, 0) is 17.6 Å². The number of oxazole rings is 1. The Labute approximate surface area is 175 Å². The van der Waals surface area contributed by atoms with Gasteiger partial charge in [-0.2, -0.15) is 0 Å². The molecule has 1 saturated heterocycles. The van der Waals surface area contributed by atoms with E-state index in [-0.39, 0.29) is 24.2 Å². The van der Waals surface area contributed by atoms with Crippen molar-refractivity contribution in [1.29, 1.82) is 0 Å². The lowest BCUT2D eigenvalue weighted by Crippen LogP contribution is -2.39. The zero-order chi connectivity index (χ0) is 20.9. The summed E-state index contributed by atoms with van der Waals surface area (Å²) in [7, 11) is 1.61. The maximum absolute atomic E-state index is 13.1. The molecule has 0 spiro atoms. The van der Waals surface area contributed by atoms with Crippen LogP contribution in [0.5, 0.6) is 5.75 Å². The molecule has 0 aliphatic carbocycles. The summed E-state index contributed by atoms with van der Waals surface area (Å²) in [6.45, 7) is 0.689. The minimum Gasteiger partial charge on any atom is -0.496 e. The summed E-state index contributed by atoms with van der Waals surface area (Å²) in [6, 6.07) is 13.8. The summed E-state index contributed by atoms with van der Waals surface area (Å²) >= 11 is 0. The summed E-state index contributed by atoms with van der Waals surface area (Å²) in [5.74, 6) is 1.78. The number of rotatable bonds is 6. The highest BCUT2D eigenvalue weighted by molar-refractivity contribution is 5.80. The number of hydrogen-bond donors (Lipinski definition) is 0. The molecule has 0 radical (unpaired) electrons. The summed E-state index contributed by atoms with van der Waals surface area (Å²) in [5, 5.41) is 0. The van der Waals surface area contributed by atoms with E-state index in [2.05, 4.69) is 4.98 Å². The van der Waals surface area contributed by atoms with Crippen LogP contribution in [-0.4, -0.2) is 29.4 Å². The maximum Gasteiger partial charge on any atom is 0.227 e. The van der Waals surface area contributed by atoms with E-state index >= 15 is 0 Å². The molecule has 1 fully saturated rings. The molecule has 4 rings (SSSR count). The van der Waals surface area contributed by atoms with Gasteiger partial charge in [-0.3, -0.25) is 4.79 Å². The monoisotopic (exact) mass is 408 g/mol. The maximum atomic E-state index is 13.1. The highest BCUT2D eigenvalue weighted by Crippen LogP contribution is 2.32. The summed E-state index contributed by atoms with van der Waals surface area (Å²) in [4.78, 5) is 19.5. The highest BCUT2D eigenvalue weighted by Gasteiger charge is 2.31. The molecular weight excluding hydrogens is 383 g/mol. The number of aromatic nitrogens is 1. The summed E-state index contributed by atoms with van der Waals surface area (Å²) < 4.78 is 24.5. The second-order valence-corrected chi connectivity index (χ2v) is 7.56. The van der Waals surface area contributed by atoms with Crippen LogP contribution in [0.4, 0.5) is 4.39 Å². The fraction of sp³-hybridized carbons (Fsp3) is 0.333. The van der Waals surface area contributed by atoms with Crippen molar-refractivity contribution < 1.29 is 18.3 Å². The number of carbonyl (C=O) groups excluding carboxylic acids is 1. The molecule has 2 heterocycles. The van der Waals surface area contributed by atoms with Crippen LogP contribution in [0.1, 0.15) is 48.1 Å². The van der Waals surface area contributed by atoms with Crippen LogP contribution >= 0.6 is 0 Å². The number of ether oxygens (including phenoxy) is 1. The van der Waals surface area contributed by atoms with E-state index in [9.17, 15) is 9.18 Å². The molecule has 3 aromatic rings. The second kappa shape index (κ2) is 9.11. The number of benzene rings is 2. The van der Waals surface area contributed by atoms with Crippen LogP contribution in [0.25, 0.3) is 0 Å². The fourth-order valence-electron chi connectivity index (χ4n) is 3.96. The number of carbonyl (C=O) groups is 1. The van der Waals surface area contributed by atoms with Gasteiger partial charge >= 0.3 is 0 Å². The van der Waals surface area contributed by atoms with Crippen LogP contribution in [0.15, 0.2) is 59.1 Å². The molecule has 0 saturated carbocycles. The molecule has 1 atom stereocenters. The lowest BCUT2D eigenvalue weighted by molar-refractivity contribution is -0.135. The number of amides is 1. The van der Waals surface area contributed by atoms with Crippen molar-refractivity contribution in [2.75, 3.05) is 13.7 Å². The van der Waals surface area contributed by atoms with Crippen molar-refractivity contribution in [2.45, 2.75) is 38.1 Å². The van der Waals surface area contributed by atoms with Gasteiger partial charge in [0.25, 0.3) is 0 Å². The zero-order valence-corrected chi connectivity index (χ0v) is 17.0. The Morgan fingerprint density at radius 1 is 1.20 bits per heavy atom. The van der Waals surface area contributed by atoms with Crippen LogP contribution in [0.3, 0.4) is 0 Å². The molecule has 30 heavy (non-hydrogen) atoms. The van der Waals surface area contributed by atoms with Gasteiger partial charge in [-0.25, -0.2) is 9.37 Å². The van der Waals surface area contributed by atoms with E-state index in [1.807, 2.05) is 29.2 Å². The minimum atomic E-state index is -0.261. The lowest BCUT2D eigenvalue weighted by Gasteiger charge is -2.34. The molecule has 156 valence electrons. The van der Waals surface area contributed by atoms with Gasteiger partial charge in [0.05, 0.1) is 19.7 Å². The molecule has 6 heteroatoms. The van der Waals surface area contributed by atoms with Crippen LogP contribution in [0.2, 0.25) is 0 Å². The van der Waals surface area contributed by atoms with Crippen molar-refractivity contribution in [1.82, 2.24) is 9.88 Å². The van der Waals surface area contributed by atoms with E-state index in [1.165, 1.54) is 12.1 Å². The number of hydrogen-bond acceptors (Lipinski definition) is 4. The topological polar surface area (TPSA) is 55.6 Å². The molecule has 0 bridgehead atoms. The number of piperidine rings is 1. The van der Waals surface area contributed by atoms with Crippen LogP contribution < -0.4 is 4.74 Å². The quantitative estimate of drug-likeness (QED) is 0.593. The average molecular weight is 408 g/mol. The van der Waals surface area contributed by atoms with Crippen molar-refractivity contribution in [3.63, 3.8) is 0 Å². The Morgan fingerprint density at radius 3 is 2.80 bits per heavy atom. The minimum absolute atomic E-state index is 0.0440. The molecule has 1 aliphatic heterocycles. The van der Waals surface area contributed by atoms with E-state index in [0.717, 1.165) is 36.1 Å². The average Bonchev–Trinajstić information content (AvgIpc) is 3.24. The SMILES string of the molecule is COc1ccccc1CC(=O)N1CCCCC1c1ncc(Cc2ccc(F)cc2)o1. The van der Waals surface area contributed by atoms with E-state index in [1.54, 1.807) is 25.4 Å². The number of nitrogens with zero attached hydrogens (tertiary/aromatic N) is 2. The Bertz CT molecular complexity index is 1000. The third-order valence-electron chi connectivity index (χ3n) is 5.51. The number of likely N-dealkylation sites (tertiary alicyclic amines) is 1. The van der Waals surface area contributed by atoms with Gasteiger partial charge < -0.3 is 14.1 Å². The standard InChI is InChI=1S/C24H25FN2O3/c1-29-22-8-3-2-6-18(22)15-23(28)27-13-5-4-7-21(27)24-26-16-20(30-24)14-17-9-11-19(25)12-10-17/h2-3,6,8-12,16,21H,4-5,7,13-15H2,1H3. The molecule has 0 N–H and O–H groups in total. The third kappa shape index (κ3) is 4.53. The van der Waals surface area contributed by atoms with Crippen molar-refractivity contribution in [3.8, 4) is 5.75 Å². The highest BCUT2D eigenvalue weighted by atomic mass is 19.1. The van der Waals surface area contributed by atoms with Gasteiger partial charge in [-0.15, -0.1) is 0 Å². The van der Waals surface area contributed by atoms with Crippen molar-refractivity contribution in [2.24, 2.45) is 0 Å². The Balaban J connectivity index is 1.49. The zero-order valence-electron chi connectivity index (χ0n) is 17.0. The predicted molar refractivity (Wildman–Crippen MR) is 111 cm³/mol. The van der Waals surface area contributed by atoms with E-state index in [0.29, 0.717) is 24.6 Å². The summed E-state index contributed by atoms with van der Waals surface area (Å²) in [6.07, 6.45) is 5.35. The summed E-state index contributed by atoms with van der Waals surface area (Å²) in [5.41, 5.74) is 1.82. The largest absolute Gasteiger partial charge is 0.496 e. The molecular formula is C24H25FN2O3. The molecule has 5 nitrogen and oxygen atoms in total. The van der Waals surface area contributed by atoms with Crippen molar-refractivity contribution >= 4 is 5.91 Å². The second-order valence-electron chi connectivity index (χ2n) is 7.56. The molecule has 1 unspecified atom stereocenters. The first-order chi connectivity index (χ1) is 14.6.